The summed E-state index contributed by atoms with van der Waals surface area (Å²) in [4.78, 5) is 25.9. The van der Waals surface area contributed by atoms with Crippen molar-refractivity contribution >= 4 is 0 Å². The third kappa shape index (κ3) is 2.82. The van der Waals surface area contributed by atoms with Gasteiger partial charge in [-0.1, -0.05) is 11.6 Å². The summed E-state index contributed by atoms with van der Waals surface area (Å²) in [6, 6.07) is 0.0641. The van der Waals surface area contributed by atoms with E-state index < -0.39 is 0 Å². The van der Waals surface area contributed by atoms with Crippen LogP contribution >= 0.6 is 0 Å². The first-order valence-corrected chi connectivity index (χ1v) is 8.44. The third-order valence-corrected chi connectivity index (χ3v) is 4.97. The summed E-state index contributed by atoms with van der Waals surface area (Å²) in [7, 11) is 1.46. The normalized spacial score (nSPS) is 21.8. The van der Waals surface area contributed by atoms with Crippen LogP contribution in [0.2, 0.25) is 0 Å². The monoisotopic (exact) mass is 331 g/mol. The molecule has 1 saturated carbocycles. The van der Waals surface area contributed by atoms with Gasteiger partial charge in [-0.05, 0) is 32.2 Å². The molecular formula is C16H21N5O3. The van der Waals surface area contributed by atoms with E-state index in [4.69, 9.17) is 9.26 Å². The number of H-pyrrole nitrogens is 1. The van der Waals surface area contributed by atoms with Crippen LogP contribution < -0.4 is 10.3 Å². The number of nitrogens with one attached hydrogen (secondary N) is 1. The minimum Gasteiger partial charge on any atom is -0.490 e. The molecule has 1 aliphatic heterocycles. The second-order valence-electron chi connectivity index (χ2n) is 6.47. The molecule has 1 unspecified atom stereocenters. The van der Waals surface area contributed by atoms with Crippen molar-refractivity contribution in [3.63, 3.8) is 0 Å². The molecule has 0 bridgehead atoms. The fraction of sp³-hybridized carbons (Fsp3) is 0.625. The van der Waals surface area contributed by atoms with Gasteiger partial charge in [0.05, 0.1) is 25.9 Å². The molecular weight excluding hydrogens is 310 g/mol. The van der Waals surface area contributed by atoms with E-state index in [1.54, 1.807) is 0 Å². The zero-order valence-electron chi connectivity index (χ0n) is 13.7. The standard InChI is InChI=1S/C16H21N5O3/c1-23-12-8-17-14(19-15(12)22)11-6-3-7-21(11)9-13-18-16(24-20-13)10-4-2-5-10/h8,10-11H,2-7,9H2,1H3,(H,17,19,22). The maximum Gasteiger partial charge on any atom is 0.293 e. The number of ether oxygens (including phenoxy) is 1. The third-order valence-electron chi connectivity index (χ3n) is 4.97. The molecule has 2 aromatic rings. The molecule has 1 saturated heterocycles. The Labute approximate surface area is 139 Å². The molecule has 2 aromatic heterocycles. The lowest BCUT2D eigenvalue weighted by atomic mass is 9.85. The summed E-state index contributed by atoms with van der Waals surface area (Å²) in [6.07, 6.45) is 7.01. The summed E-state index contributed by atoms with van der Waals surface area (Å²) < 4.78 is 10.4. The van der Waals surface area contributed by atoms with E-state index in [2.05, 4.69) is 25.0 Å². The van der Waals surface area contributed by atoms with Crippen LogP contribution in [0.25, 0.3) is 0 Å². The Hall–Kier alpha value is -2.22. The molecule has 0 amide bonds. The fourth-order valence-corrected chi connectivity index (χ4v) is 3.37. The summed E-state index contributed by atoms with van der Waals surface area (Å²) in [6.45, 7) is 1.53. The smallest absolute Gasteiger partial charge is 0.293 e. The molecule has 0 spiro atoms. The van der Waals surface area contributed by atoms with Gasteiger partial charge in [-0.2, -0.15) is 4.98 Å². The van der Waals surface area contributed by atoms with E-state index >= 15 is 0 Å². The molecule has 3 heterocycles. The highest BCUT2D eigenvalue weighted by atomic mass is 16.5. The van der Waals surface area contributed by atoms with Crippen molar-refractivity contribution < 1.29 is 9.26 Å². The Morgan fingerprint density at radius 2 is 2.25 bits per heavy atom. The first-order chi connectivity index (χ1) is 11.7. The van der Waals surface area contributed by atoms with Crippen LogP contribution in [-0.2, 0) is 6.54 Å². The van der Waals surface area contributed by atoms with Gasteiger partial charge in [0.2, 0.25) is 11.6 Å². The number of aromatic amines is 1. The zero-order valence-corrected chi connectivity index (χ0v) is 13.7. The highest BCUT2D eigenvalue weighted by molar-refractivity contribution is 5.14. The van der Waals surface area contributed by atoms with Crippen LogP contribution in [0.3, 0.4) is 0 Å². The molecule has 8 heteroatoms. The van der Waals surface area contributed by atoms with Gasteiger partial charge in [0.25, 0.3) is 5.56 Å². The van der Waals surface area contributed by atoms with Crippen molar-refractivity contribution in [1.29, 1.82) is 0 Å². The van der Waals surface area contributed by atoms with Gasteiger partial charge in [0.1, 0.15) is 5.82 Å². The quantitative estimate of drug-likeness (QED) is 0.891. The lowest BCUT2D eigenvalue weighted by Crippen LogP contribution is -2.27. The van der Waals surface area contributed by atoms with Crippen molar-refractivity contribution in [2.75, 3.05) is 13.7 Å². The highest BCUT2D eigenvalue weighted by Gasteiger charge is 2.30. The van der Waals surface area contributed by atoms with E-state index in [1.807, 2.05) is 0 Å². The van der Waals surface area contributed by atoms with Gasteiger partial charge in [-0.25, -0.2) is 4.98 Å². The molecule has 2 fully saturated rings. The lowest BCUT2D eigenvalue weighted by Gasteiger charge is -2.22. The topological polar surface area (TPSA) is 97.1 Å². The van der Waals surface area contributed by atoms with Crippen molar-refractivity contribution in [2.24, 2.45) is 0 Å². The SMILES string of the molecule is COc1cnc(C2CCCN2Cc2noc(C3CCC3)n2)[nH]c1=O. The van der Waals surface area contributed by atoms with Gasteiger partial charge in [0.15, 0.2) is 5.82 Å². The van der Waals surface area contributed by atoms with E-state index in [1.165, 1.54) is 19.7 Å². The van der Waals surface area contributed by atoms with Crippen molar-refractivity contribution in [1.82, 2.24) is 25.0 Å². The average Bonchev–Trinajstić information content (AvgIpc) is 3.16. The van der Waals surface area contributed by atoms with Crippen LogP contribution in [0.15, 0.2) is 15.5 Å². The number of hydrogen-bond donors (Lipinski definition) is 1. The maximum absolute atomic E-state index is 11.9. The summed E-state index contributed by atoms with van der Waals surface area (Å²) >= 11 is 0. The van der Waals surface area contributed by atoms with E-state index in [0.717, 1.165) is 38.1 Å². The molecule has 1 aliphatic carbocycles. The number of hydrogen-bond acceptors (Lipinski definition) is 7. The van der Waals surface area contributed by atoms with Gasteiger partial charge in [-0.15, -0.1) is 0 Å². The number of likely N-dealkylation sites (tertiary alicyclic amines) is 1. The molecule has 1 N–H and O–H groups in total. The second kappa shape index (κ2) is 6.35. The van der Waals surface area contributed by atoms with Crippen LogP contribution in [-0.4, -0.2) is 38.7 Å². The van der Waals surface area contributed by atoms with Crippen molar-refractivity contribution in [3.8, 4) is 5.75 Å². The van der Waals surface area contributed by atoms with E-state index in [9.17, 15) is 4.79 Å². The first kappa shape index (κ1) is 15.3. The molecule has 24 heavy (non-hydrogen) atoms. The number of rotatable bonds is 5. The molecule has 0 aromatic carbocycles. The van der Waals surface area contributed by atoms with E-state index in [-0.39, 0.29) is 17.4 Å². The largest absolute Gasteiger partial charge is 0.490 e. The van der Waals surface area contributed by atoms with Crippen LogP contribution in [0.5, 0.6) is 5.75 Å². The molecule has 8 nitrogen and oxygen atoms in total. The highest BCUT2D eigenvalue weighted by Crippen LogP contribution is 2.36. The maximum atomic E-state index is 11.9. The fourth-order valence-electron chi connectivity index (χ4n) is 3.37. The number of nitrogens with zero attached hydrogens (tertiary/aromatic N) is 4. The molecule has 128 valence electrons. The Morgan fingerprint density at radius 1 is 1.38 bits per heavy atom. The number of aromatic nitrogens is 4. The molecule has 4 rings (SSSR count). The average molecular weight is 331 g/mol. The lowest BCUT2D eigenvalue weighted by molar-refractivity contribution is 0.228. The Bertz CT molecular complexity index is 767. The molecule has 2 aliphatic rings. The zero-order chi connectivity index (χ0) is 16.5. The van der Waals surface area contributed by atoms with Gasteiger partial charge in [0, 0.05) is 5.92 Å². The van der Waals surface area contributed by atoms with Gasteiger partial charge < -0.3 is 14.2 Å². The summed E-state index contributed by atoms with van der Waals surface area (Å²) in [5.74, 6) is 2.82. The Balaban J connectivity index is 1.49. The van der Waals surface area contributed by atoms with Crippen LogP contribution in [0.1, 0.15) is 61.6 Å². The minimum atomic E-state index is -0.249. The van der Waals surface area contributed by atoms with Gasteiger partial charge >= 0.3 is 0 Å². The summed E-state index contributed by atoms with van der Waals surface area (Å²) in [5.41, 5.74) is -0.249. The van der Waals surface area contributed by atoms with Crippen LogP contribution in [0.4, 0.5) is 0 Å². The van der Waals surface area contributed by atoms with Crippen molar-refractivity contribution in [2.45, 2.75) is 50.6 Å². The Morgan fingerprint density at radius 3 is 2.96 bits per heavy atom. The number of methoxy groups -OCH3 is 1. The van der Waals surface area contributed by atoms with Crippen LogP contribution in [0, 0.1) is 0 Å². The Kier molecular flexibility index (Phi) is 4.05. The second-order valence-corrected chi connectivity index (χ2v) is 6.47. The summed E-state index contributed by atoms with van der Waals surface area (Å²) in [5, 5.41) is 4.12. The predicted octanol–water partition coefficient (Wildman–Crippen LogP) is 1.77. The molecule has 1 atom stereocenters. The first-order valence-electron chi connectivity index (χ1n) is 8.44. The van der Waals surface area contributed by atoms with Gasteiger partial charge in [-0.3, -0.25) is 9.69 Å². The van der Waals surface area contributed by atoms with E-state index in [0.29, 0.717) is 24.1 Å². The van der Waals surface area contributed by atoms with Crippen molar-refractivity contribution in [3.05, 3.63) is 34.1 Å². The minimum absolute atomic E-state index is 0.0641. The predicted molar refractivity (Wildman–Crippen MR) is 84.7 cm³/mol. The molecule has 0 radical (unpaired) electrons.